The van der Waals surface area contributed by atoms with Gasteiger partial charge in [0, 0.05) is 17.4 Å². The van der Waals surface area contributed by atoms with Crippen molar-refractivity contribution in [3.8, 4) is 5.75 Å². The minimum Gasteiger partial charge on any atom is -0.497 e. The summed E-state index contributed by atoms with van der Waals surface area (Å²) in [5.74, 6) is 0.837. The maximum absolute atomic E-state index is 11.7. The molecule has 0 saturated heterocycles. The van der Waals surface area contributed by atoms with E-state index in [1.807, 2.05) is 6.92 Å². The van der Waals surface area contributed by atoms with Crippen LogP contribution in [0.4, 0.5) is 0 Å². The Morgan fingerprint density at radius 1 is 1.40 bits per heavy atom. The lowest BCUT2D eigenvalue weighted by atomic mass is 10.1. The fourth-order valence-electron chi connectivity index (χ4n) is 1.24. The number of methoxy groups -OCH3 is 1. The van der Waals surface area contributed by atoms with Crippen LogP contribution in [0, 0.1) is 0 Å². The monoisotopic (exact) mass is 226 g/mol. The lowest BCUT2D eigenvalue weighted by Crippen LogP contribution is -2.07. The lowest BCUT2D eigenvalue weighted by molar-refractivity contribution is 0.0981. The zero-order valence-electron chi connectivity index (χ0n) is 9.00. The second-order valence-electron chi connectivity index (χ2n) is 3.36. The van der Waals surface area contributed by atoms with Crippen molar-refractivity contribution in [2.45, 2.75) is 25.1 Å². The van der Waals surface area contributed by atoms with E-state index in [1.165, 1.54) is 0 Å². The summed E-state index contributed by atoms with van der Waals surface area (Å²) in [6, 6.07) is 7.09. The van der Waals surface area contributed by atoms with Crippen LogP contribution < -0.4 is 4.74 Å². The molecule has 0 fully saturated rings. The average molecular weight is 227 g/mol. The topological polar surface area (TPSA) is 26.3 Å². The van der Waals surface area contributed by atoms with Crippen molar-refractivity contribution in [3.63, 3.8) is 0 Å². The Labute approximate surface area is 95.2 Å². The van der Waals surface area contributed by atoms with Gasteiger partial charge in [0.05, 0.1) is 7.11 Å². The molecule has 2 nitrogen and oxygen atoms in total. The van der Waals surface area contributed by atoms with E-state index in [4.69, 9.17) is 16.3 Å². The second-order valence-corrected chi connectivity index (χ2v) is 3.98. The van der Waals surface area contributed by atoms with Crippen LogP contribution in [0.1, 0.15) is 30.1 Å². The number of hydrogen-bond donors (Lipinski definition) is 0. The van der Waals surface area contributed by atoms with Gasteiger partial charge in [-0.05, 0) is 30.7 Å². The molecular formula is C12H15ClO2. The third kappa shape index (κ3) is 3.56. The molecule has 0 amide bonds. The van der Waals surface area contributed by atoms with Crippen molar-refractivity contribution < 1.29 is 9.53 Å². The highest BCUT2D eigenvalue weighted by Crippen LogP contribution is 2.15. The number of benzene rings is 1. The molecular weight excluding hydrogens is 212 g/mol. The molecule has 0 aromatic heterocycles. The van der Waals surface area contributed by atoms with Crippen LogP contribution in [-0.2, 0) is 0 Å². The van der Waals surface area contributed by atoms with Gasteiger partial charge < -0.3 is 4.74 Å². The van der Waals surface area contributed by atoms with E-state index in [0.717, 1.165) is 12.2 Å². The molecule has 1 aromatic carbocycles. The van der Waals surface area contributed by atoms with Crippen LogP contribution in [0.5, 0.6) is 5.75 Å². The average Bonchev–Trinajstić information content (AvgIpc) is 2.29. The molecule has 1 rings (SSSR count). The van der Waals surface area contributed by atoms with Crippen molar-refractivity contribution in [3.05, 3.63) is 29.8 Å². The number of carbonyl (C=O) groups is 1. The van der Waals surface area contributed by atoms with E-state index in [-0.39, 0.29) is 11.2 Å². The fourth-order valence-corrected chi connectivity index (χ4v) is 1.38. The Balaban J connectivity index is 2.66. The van der Waals surface area contributed by atoms with Crippen LogP contribution in [0.2, 0.25) is 0 Å². The van der Waals surface area contributed by atoms with Crippen molar-refractivity contribution in [2.24, 2.45) is 0 Å². The van der Waals surface area contributed by atoms with Crippen molar-refractivity contribution in [1.29, 1.82) is 0 Å². The summed E-state index contributed by atoms with van der Waals surface area (Å²) in [6.07, 6.45) is 1.20. The highest BCUT2D eigenvalue weighted by Gasteiger charge is 2.11. The van der Waals surface area contributed by atoms with Gasteiger partial charge in [-0.25, -0.2) is 0 Å². The third-order valence-electron chi connectivity index (χ3n) is 2.26. The lowest BCUT2D eigenvalue weighted by Gasteiger charge is -2.06. The number of rotatable bonds is 5. The Bertz CT molecular complexity index is 319. The molecule has 1 unspecified atom stereocenters. The molecule has 0 aliphatic rings. The van der Waals surface area contributed by atoms with Crippen molar-refractivity contribution in [2.75, 3.05) is 7.11 Å². The number of ketones is 1. The first-order chi connectivity index (χ1) is 7.17. The molecule has 0 heterocycles. The van der Waals surface area contributed by atoms with Gasteiger partial charge in [0.15, 0.2) is 5.78 Å². The molecule has 3 heteroatoms. The molecule has 0 aliphatic carbocycles. The van der Waals surface area contributed by atoms with E-state index in [0.29, 0.717) is 12.0 Å². The zero-order chi connectivity index (χ0) is 11.3. The normalized spacial score (nSPS) is 12.2. The fraction of sp³-hybridized carbons (Fsp3) is 0.417. The number of hydrogen-bond acceptors (Lipinski definition) is 2. The standard InChI is InChI=1S/C12H15ClO2/c1-3-10(13)8-12(14)9-4-6-11(15-2)7-5-9/h4-7,10H,3,8H2,1-2H3. The molecule has 15 heavy (non-hydrogen) atoms. The number of halogens is 1. The highest BCUT2D eigenvalue weighted by molar-refractivity contribution is 6.22. The van der Waals surface area contributed by atoms with Crippen LogP contribution in [0.25, 0.3) is 0 Å². The minimum atomic E-state index is -0.0698. The summed E-state index contributed by atoms with van der Waals surface area (Å²) >= 11 is 5.92. The summed E-state index contributed by atoms with van der Waals surface area (Å²) in [7, 11) is 1.60. The van der Waals surface area contributed by atoms with Crippen molar-refractivity contribution in [1.82, 2.24) is 0 Å². The van der Waals surface area contributed by atoms with Crippen LogP contribution in [-0.4, -0.2) is 18.3 Å². The van der Waals surface area contributed by atoms with Gasteiger partial charge in [-0.3, -0.25) is 4.79 Å². The maximum atomic E-state index is 11.7. The molecule has 0 bridgehead atoms. The molecule has 82 valence electrons. The molecule has 0 radical (unpaired) electrons. The first-order valence-corrected chi connectivity index (χ1v) is 5.42. The summed E-state index contributed by atoms with van der Waals surface area (Å²) in [5.41, 5.74) is 0.690. The van der Waals surface area contributed by atoms with Gasteiger partial charge in [-0.1, -0.05) is 6.92 Å². The first kappa shape index (κ1) is 12.1. The summed E-state index contributed by atoms with van der Waals surface area (Å²) in [5, 5.41) is -0.0698. The summed E-state index contributed by atoms with van der Waals surface area (Å²) in [4.78, 5) is 11.7. The SMILES string of the molecule is CCC(Cl)CC(=O)c1ccc(OC)cc1. The van der Waals surface area contributed by atoms with Crippen LogP contribution in [0.3, 0.4) is 0 Å². The predicted octanol–water partition coefficient (Wildman–Crippen LogP) is 3.29. The summed E-state index contributed by atoms with van der Waals surface area (Å²) < 4.78 is 5.01. The Kier molecular flexibility index (Phi) is 4.63. The number of alkyl halides is 1. The molecule has 0 saturated carbocycles. The smallest absolute Gasteiger partial charge is 0.164 e. The minimum absolute atomic E-state index is 0.0698. The Morgan fingerprint density at radius 3 is 2.47 bits per heavy atom. The van der Waals surface area contributed by atoms with Crippen LogP contribution in [0.15, 0.2) is 24.3 Å². The molecule has 0 aliphatic heterocycles. The molecule has 0 spiro atoms. The number of carbonyl (C=O) groups excluding carboxylic acids is 1. The van der Waals surface area contributed by atoms with E-state index >= 15 is 0 Å². The van der Waals surface area contributed by atoms with Gasteiger partial charge in [-0.2, -0.15) is 0 Å². The van der Waals surface area contributed by atoms with Gasteiger partial charge >= 0.3 is 0 Å². The van der Waals surface area contributed by atoms with E-state index in [9.17, 15) is 4.79 Å². The summed E-state index contributed by atoms with van der Waals surface area (Å²) in [6.45, 7) is 1.97. The molecule has 1 atom stereocenters. The van der Waals surface area contributed by atoms with E-state index in [2.05, 4.69) is 0 Å². The van der Waals surface area contributed by atoms with Crippen molar-refractivity contribution >= 4 is 17.4 Å². The van der Waals surface area contributed by atoms with Crippen LogP contribution >= 0.6 is 11.6 Å². The van der Waals surface area contributed by atoms with E-state index in [1.54, 1.807) is 31.4 Å². The number of ether oxygens (including phenoxy) is 1. The molecule has 1 aromatic rings. The highest BCUT2D eigenvalue weighted by atomic mass is 35.5. The largest absolute Gasteiger partial charge is 0.497 e. The predicted molar refractivity (Wildman–Crippen MR) is 61.9 cm³/mol. The van der Waals surface area contributed by atoms with Gasteiger partial charge in [-0.15, -0.1) is 11.6 Å². The Morgan fingerprint density at radius 2 is 2.00 bits per heavy atom. The van der Waals surface area contributed by atoms with Gasteiger partial charge in [0.25, 0.3) is 0 Å². The van der Waals surface area contributed by atoms with Gasteiger partial charge in [0.2, 0.25) is 0 Å². The third-order valence-corrected chi connectivity index (χ3v) is 2.72. The maximum Gasteiger partial charge on any atom is 0.164 e. The second kappa shape index (κ2) is 5.76. The Hall–Kier alpha value is -1.02. The first-order valence-electron chi connectivity index (χ1n) is 4.98. The molecule has 0 N–H and O–H groups in total. The number of Topliss-reactive ketones (excluding diaryl/α,β-unsaturated/α-hetero) is 1. The van der Waals surface area contributed by atoms with E-state index < -0.39 is 0 Å². The quantitative estimate of drug-likeness (QED) is 0.569. The van der Waals surface area contributed by atoms with Gasteiger partial charge in [0.1, 0.15) is 5.75 Å². The zero-order valence-corrected chi connectivity index (χ0v) is 9.75.